The Labute approximate surface area is 166 Å². The summed E-state index contributed by atoms with van der Waals surface area (Å²) >= 11 is 1.57. The molecule has 1 fully saturated rings. The summed E-state index contributed by atoms with van der Waals surface area (Å²) in [7, 11) is 0. The van der Waals surface area contributed by atoms with E-state index >= 15 is 0 Å². The maximum atomic E-state index is 13.0. The molecule has 0 spiro atoms. The normalized spacial score (nSPS) is 19.0. The highest BCUT2D eigenvalue weighted by Gasteiger charge is 2.38. The molecule has 0 radical (unpaired) electrons. The van der Waals surface area contributed by atoms with E-state index in [2.05, 4.69) is 20.5 Å². The summed E-state index contributed by atoms with van der Waals surface area (Å²) in [6.45, 7) is 1.96. The van der Waals surface area contributed by atoms with Crippen LogP contribution in [0, 0.1) is 0 Å². The van der Waals surface area contributed by atoms with Crippen LogP contribution < -0.4 is 5.32 Å². The van der Waals surface area contributed by atoms with Gasteiger partial charge in [0, 0.05) is 25.1 Å². The molecule has 8 heteroatoms. The fourth-order valence-electron chi connectivity index (χ4n) is 3.57. The van der Waals surface area contributed by atoms with Crippen molar-refractivity contribution in [3.8, 4) is 11.4 Å². The molecule has 1 aliphatic heterocycles. The van der Waals surface area contributed by atoms with E-state index in [0.717, 1.165) is 11.1 Å². The van der Waals surface area contributed by atoms with Gasteiger partial charge in [-0.2, -0.15) is 16.4 Å². The number of rotatable bonds is 5. The first kappa shape index (κ1) is 18.4. The van der Waals surface area contributed by atoms with E-state index in [1.54, 1.807) is 16.2 Å². The average molecular weight is 395 g/mol. The molecule has 4 rings (SSSR count). The minimum atomic E-state index is -0.243. The van der Waals surface area contributed by atoms with Gasteiger partial charge in [-0.05, 0) is 28.8 Å². The van der Waals surface area contributed by atoms with E-state index in [1.165, 1.54) is 6.92 Å². The molecule has 144 valence electrons. The topological polar surface area (TPSA) is 91.0 Å². The molecule has 28 heavy (non-hydrogen) atoms. The van der Waals surface area contributed by atoms with Gasteiger partial charge >= 0.3 is 0 Å². The fourth-order valence-corrected chi connectivity index (χ4v) is 4.24. The van der Waals surface area contributed by atoms with Crippen molar-refractivity contribution >= 4 is 23.2 Å². The minimum absolute atomic E-state index is 0.0221. The second-order valence-electron chi connectivity index (χ2n) is 6.91. The highest BCUT2D eigenvalue weighted by molar-refractivity contribution is 7.08. The Morgan fingerprint density at radius 1 is 1.29 bits per heavy atom. The van der Waals surface area contributed by atoms with Gasteiger partial charge in [0.05, 0.1) is 12.5 Å². The predicted octanol–water partition coefficient (Wildman–Crippen LogP) is 2.55. The molecular formula is C20H21N5O2S. The van der Waals surface area contributed by atoms with E-state index < -0.39 is 0 Å². The van der Waals surface area contributed by atoms with Gasteiger partial charge in [-0.1, -0.05) is 30.3 Å². The highest BCUT2D eigenvalue weighted by atomic mass is 32.1. The lowest BCUT2D eigenvalue weighted by atomic mass is 10.1. The van der Waals surface area contributed by atoms with E-state index in [1.807, 2.05) is 47.2 Å². The SMILES string of the molecule is CC(=O)N[C@H]1C[C@@H](c2nc(-c3ccccc3)n[nH]2)N(C(=O)Cc2ccsc2)C1. The van der Waals surface area contributed by atoms with Crippen molar-refractivity contribution in [1.29, 1.82) is 0 Å². The van der Waals surface area contributed by atoms with Gasteiger partial charge in [0.2, 0.25) is 11.8 Å². The van der Waals surface area contributed by atoms with Crippen molar-refractivity contribution in [3.05, 3.63) is 58.5 Å². The second-order valence-corrected chi connectivity index (χ2v) is 7.69. The lowest BCUT2D eigenvalue weighted by Gasteiger charge is -2.22. The van der Waals surface area contributed by atoms with Crippen LogP contribution in [0.5, 0.6) is 0 Å². The second kappa shape index (κ2) is 7.93. The molecule has 2 atom stereocenters. The molecule has 1 aliphatic rings. The van der Waals surface area contributed by atoms with Crippen molar-refractivity contribution in [3.63, 3.8) is 0 Å². The number of aromatic nitrogens is 3. The maximum absolute atomic E-state index is 13.0. The zero-order chi connectivity index (χ0) is 19.5. The molecule has 0 unspecified atom stereocenters. The standard InChI is InChI=1S/C20H21N5O2S/c1-13(26)21-16-10-17(25(11-16)18(27)9-14-7-8-28-12-14)20-22-19(23-24-20)15-5-3-2-4-6-15/h2-8,12,16-17H,9-11H2,1H3,(H,21,26)(H,22,23,24)/t16-,17-/m0/s1. The zero-order valence-electron chi connectivity index (χ0n) is 15.5. The van der Waals surface area contributed by atoms with Crippen LogP contribution >= 0.6 is 11.3 Å². The van der Waals surface area contributed by atoms with E-state index in [4.69, 9.17) is 0 Å². The van der Waals surface area contributed by atoms with Gasteiger partial charge in [-0.15, -0.1) is 0 Å². The van der Waals surface area contributed by atoms with Crippen LogP contribution in [0.1, 0.15) is 30.8 Å². The van der Waals surface area contributed by atoms with E-state index in [0.29, 0.717) is 31.0 Å². The molecule has 2 N–H and O–H groups in total. The monoisotopic (exact) mass is 395 g/mol. The van der Waals surface area contributed by atoms with Crippen molar-refractivity contribution in [2.24, 2.45) is 0 Å². The Bertz CT molecular complexity index is 954. The van der Waals surface area contributed by atoms with Gasteiger partial charge in [0.15, 0.2) is 5.82 Å². The summed E-state index contributed by atoms with van der Waals surface area (Å²) in [6.07, 6.45) is 0.949. The average Bonchev–Trinajstić information content (AvgIpc) is 3.42. The maximum Gasteiger partial charge on any atom is 0.227 e. The quantitative estimate of drug-likeness (QED) is 0.695. The summed E-state index contributed by atoms with van der Waals surface area (Å²) in [5.74, 6) is 1.17. The zero-order valence-corrected chi connectivity index (χ0v) is 16.3. The molecule has 0 aliphatic carbocycles. The Morgan fingerprint density at radius 2 is 2.11 bits per heavy atom. The number of amides is 2. The molecule has 0 bridgehead atoms. The van der Waals surface area contributed by atoms with Gasteiger partial charge in [-0.3, -0.25) is 14.7 Å². The lowest BCUT2D eigenvalue weighted by molar-refractivity contribution is -0.131. The van der Waals surface area contributed by atoms with Crippen LogP contribution in [0.25, 0.3) is 11.4 Å². The van der Waals surface area contributed by atoms with Gasteiger partial charge < -0.3 is 10.2 Å². The van der Waals surface area contributed by atoms with Crippen LogP contribution in [0.15, 0.2) is 47.2 Å². The molecule has 3 aromatic rings. The Morgan fingerprint density at radius 3 is 2.82 bits per heavy atom. The third-order valence-electron chi connectivity index (χ3n) is 4.81. The van der Waals surface area contributed by atoms with Gasteiger partial charge in [0.25, 0.3) is 0 Å². The Balaban J connectivity index is 1.57. The largest absolute Gasteiger partial charge is 0.352 e. The number of hydrogen-bond acceptors (Lipinski definition) is 5. The lowest BCUT2D eigenvalue weighted by Crippen LogP contribution is -2.38. The first-order valence-electron chi connectivity index (χ1n) is 9.15. The molecule has 7 nitrogen and oxygen atoms in total. The molecule has 0 saturated carbocycles. The fraction of sp³-hybridized carbons (Fsp3) is 0.300. The summed E-state index contributed by atoms with van der Waals surface area (Å²) in [6, 6.07) is 11.3. The number of carbonyl (C=O) groups is 2. The highest BCUT2D eigenvalue weighted by Crippen LogP contribution is 2.32. The predicted molar refractivity (Wildman–Crippen MR) is 107 cm³/mol. The van der Waals surface area contributed by atoms with Crippen molar-refractivity contribution < 1.29 is 9.59 Å². The Kier molecular flexibility index (Phi) is 5.21. The molecule has 2 amide bonds. The van der Waals surface area contributed by atoms with Crippen molar-refractivity contribution in [2.75, 3.05) is 6.54 Å². The Hall–Kier alpha value is -3.00. The number of H-pyrrole nitrogens is 1. The first-order chi connectivity index (χ1) is 13.6. The van der Waals surface area contributed by atoms with Crippen LogP contribution in [0.4, 0.5) is 0 Å². The van der Waals surface area contributed by atoms with Crippen LogP contribution in [-0.2, 0) is 16.0 Å². The molecule has 1 saturated heterocycles. The van der Waals surface area contributed by atoms with Gasteiger partial charge in [0.1, 0.15) is 5.82 Å². The number of thiophene rings is 1. The third-order valence-corrected chi connectivity index (χ3v) is 5.55. The number of hydrogen-bond donors (Lipinski definition) is 2. The minimum Gasteiger partial charge on any atom is -0.352 e. The number of aromatic amines is 1. The van der Waals surface area contributed by atoms with Crippen LogP contribution in [0.2, 0.25) is 0 Å². The summed E-state index contributed by atoms with van der Waals surface area (Å²) < 4.78 is 0. The molecule has 1 aromatic carbocycles. The van der Waals surface area contributed by atoms with Crippen molar-refractivity contribution in [1.82, 2.24) is 25.4 Å². The number of nitrogens with zero attached hydrogens (tertiary/aromatic N) is 3. The summed E-state index contributed by atoms with van der Waals surface area (Å²) in [5, 5.41) is 14.2. The smallest absolute Gasteiger partial charge is 0.227 e. The number of carbonyl (C=O) groups excluding carboxylic acids is 2. The van der Waals surface area contributed by atoms with Crippen LogP contribution in [-0.4, -0.2) is 44.5 Å². The van der Waals surface area contributed by atoms with Crippen molar-refractivity contribution in [2.45, 2.75) is 31.8 Å². The third kappa shape index (κ3) is 3.96. The molecular weight excluding hydrogens is 374 g/mol. The van der Waals surface area contributed by atoms with E-state index in [9.17, 15) is 9.59 Å². The summed E-state index contributed by atoms with van der Waals surface area (Å²) in [4.78, 5) is 30.9. The number of benzene rings is 1. The van der Waals surface area contributed by atoms with Gasteiger partial charge in [-0.25, -0.2) is 4.98 Å². The number of likely N-dealkylation sites (tertiary alicyclic amines) is 1. The summed E-state index contributed by atoms with van der Waals surface area (Å²) in [5.41, 5.74) is 1.91. The van der Waals surface area contributed by atoms with E-state index in [-0.39, 0.29) is 23.9 Å². The molecule has 3 heterocycles. The number of nitrogens with one attached hydrogen (secondary N) is 2. The van der Waals surface area contributed by atoms with Crippen LogP contribution in [0.3, 0.4) is 0 Å². The molecule has 2 aromatic heterocycles. The first-order valence-corrected chi connectivity index (χ1v) is 10.1.